The molecule has 116 valence electrons. The van der Waals surface area contributed by atoms with Crippen LogP contribution in [0.5, 0.6) is 0 Å². The van der Waals surface area contributed by atoms with Gasteiger partial charge in [-0.05, 0) is 56.3 Å². The van der Waals surface area contributed by atoms with Crippen molar-refractivity contribution in [2.24, 2.45) is 11.3 Å². The Kier molecular flexibility index (Phi) is 5.11. The molecule has 21 heavy (non-hydrogen) atoms. The molecule has 1 saturated heterocycles. The highest BCUT2D eigenvalue weighted by Gasteiger charge is 2.32. The Morgan fingerprint density at radius 2 is 1.90 bits per heavy atom. The van der Waals surface area contributed by atoms with Crippen LogP contribution in [0.4, 0.5) is 0 Å². The normalized spacial score (nSPS) is 19.5. The van der Waals surface area contributed by atoms with Crippen LogP contribution in [-0.2, 0) is 0 Å². The second kappa shape index (κ2) is 6.50. The maximum Gasteiger partial charge on any atom is 0.179 e. The Hall–Kier alpha value is -0.860. The van der Waals surface area contributed by atoms with Crippen molar-refractivity contribution in [1.82, 2.24) is 4.90 Å². The van der Waals surface area contributed by atoms with Crippen LogP contribution in [0, 0.1) is 11.3 Å². The number of ketones is 1. The minimum absolute atomic E-state index is 0.0654. The van der Waals surface area contributed by atoms with Gasteiger partial charge in [0.2, 0.25) is 0 Å². The van der Waals surface area contributed by atoms with Crippen molar-refractivity contribution >= 4 is 17.4 Å². The maximum atomic E-state index is 12.6. The number of carbonyl (C=O) groups excluding carboxylic acids is 1. The Labute approximate surface area is 133 Å². The zero-order valence-electron chi connectivity index (χ0n) is 13.5. The molecule has 0 saturated carbocycles. The number of likely N-dealkylation sites (tertiary alicyclic amines) is 1. The summed E-state index contributed by atoms with van der Waals surface area (Å²) in [5, 5.41) is 0.625. The third-order valence-electron chi connectivity index (χ3n) is 4.79. The second-order valence-electron chi connectivity index (χ2n) is 7.23. The van der Waals surface area contributed by atoms with E-state index in [-0.39, 0.29) is 11.8 Å². The van der Waals surface area contributed by atoms with Gasteiger partial charge in [0.05, 0.1) is 6.04 Å². The minimum atomic E-state index is -0.0654. The van der Waals surface area contributed by atoms with E-state index in [1.807, 2.05) is 19.1 Å². The lowest BCUT2D eigenvalue weighted by atomic mass is 9.75. The first-order valence-electron chi connectivity index (χ1n) is 7.83. The summed E-state index contributed by atoms with van der Waals surface area (Å²) in [7, 11) is 0. The van der Waals surface area contributed by atoms with Gasteiger partial charge in [0.25, 0.3) is 0 Å². The predicted molar refractivity (Wildman–Crippen MR) is 89.0 cm³/mol. The summed E-state index contributed by atoms with van der Waals surface area (Å²) in [6, 6.07) is 7.20. The third kappa shape index (κ3) is 4.08. The van der Waals surface area contributed by atoms with E-state index >= 15 is 0 Å². The topological polar surface area (TPSA) is 20.3 Å². The van der Waals surface area contributed by atoms with Crippen LogP contribution < -0.4 is 0 Å². The van der Waals surface area contributed by atoms with Crippen LogP contribution in [0.3, 0.4) is 0 Å². The molecular formula is C18H26ClNO. The van der Waals surface area contributed by atoms with E-state index in [4.69, 9.17) is 11.6 Å². The van der Waals surface area contributed by atoms with Crippen LogP contribution in [0.15, 0.2) is 24.3 Å². The molecule has 2 rings (SSSR count). The zero-order valence-corrected chi connectivity index (χ0v) is 14.3. The van der Waals surface area contributed by atoms with Gasteiger partial charge in [0.15, 0.2) is 5.78 Å². The largest absolute Gasteiger partial charge is 0.293 e. The summed E-state index contributed by atoms with van der Waals surface area (Å²) in [4.78, 5) is 14.9. The lowest BCUT2D eigenvalue weighted by molar-refractivity contribution is 0.0660. The Bertz CT molecular complexity index is 498. The van der Waals surface area contributed by atoms with Gasteiger partial charge in [-0.3, -0.25) is 9.69 Å². The first kappa shape index (κ1) is 16.5. The summed E-state index contributed by atoms with van der Waals surface area (Å²) in [5.74, 6) is 0.925. The van der Waals surface area contributed by atoms with Crippen molar-refractivity contribution in [2.45, 2.75) is 46.6 Å². The fraction of sp³-hybridized carbons (Fsp3) is 0.611. The minimum Gasteiger partial charge on any atom is -0.293 e. The van der Waals surface area contributed by atoms with Gasteiger partial charge in [0.1, 0.15) is 0 Å². The molecule has 1 heterocycles. The molecule has 0 N–H and O–H groups in total. The molecule has 0 bridgehead atoms. The first-order chi connectivity index (χ1) is 9.79. The molecule has 2 nitrogen and oxygen atoms in total. The van der Waals surface area contributed by atoms with Crippen LogP contribution in [0.2, 0.25) is 5.02 Å². The Morgan fingerprint density at radius 1 is 1.29 bits per heavy atom. The van der Waals surface area contributed by atoms with E-state index in [0.29, 0.717) is 16.0 Å². The fourth-order valence-electron chi connectivity index (χ4n) is 3.20. The summed E-state index contributed by atoms with van der Waals surface area (Å²) < 4.78 is 0. The highest BCUT2D eigenvalue weighted by Crippen LogP contribution is 2.34. The lowest BCUT2D eigenvalue weighted by Gasteiger charge is -2.40. The SMILES string of the molecule is CC(C(=O)c1cccc(Cl)c1)N1CCC(C(C)(C)C)CC1. The molecule has 0 spiro atoms. The summed E-state index contributed by atoms with van der Waals surface area (Å²) in [6.07, 6.45) is 2.35. The number of piperidine rings is 1. The zero-order chi connectivity index (χ0) is 15.6. The molecule has 1 unspecified atom stereocenters. The van der Waals surface area contributed by atoms with Gasteiger partial charge in [-0.2, -0.15) is 0 Å². The monoisotopic (exact) mass is 307 g/mol. The maximum absolute atomic E-state index is 12.6. The van der Waals surface area contributed by atoms with Crippen molar-refractivity contribution in [3.63, 3.8) is 0 Å². The van der Waals surface area contributed by atoms with Gasteiger partial charge in [0, 0.05) is 10.6 Å². The third-order valence-corrected chi connectivity index (χ3v) is 5.03. The molecular weight excluding hydrogens is 282 g/mol. The van der Waals surface area contributed by atoms with E-state index in [2.05, 4.69) is 25.7 Å². The molecule has 0 aromatic heterocycles. The van der Waals surface area contributed by atoms with E-state index in [9.17, 15) is 4.79 Å². The van der Waals surface area contributed by atoms with Gasteiger partial charge in [-0.1, -0.05) is 44.5 Å². The lowest BCUT2D eigenvalue weighted by Crippen LogP contribution is -2.45. The molecule has 0 aliphatic carbocycles. The van der Waals surface area contributed by atoms with Crippen molar-refractivity contribution in [3.05, 3.63) is 34.9 Å². The predicted octanol–water partition coefficient (Wildman–Crippen LogP) is 4.67. The Balaban J connectivity index is 1.99. The van der Waals surface area contributed by atoms with Crippen LogP contribution >= 0.6 is 11.6 Å². The summed E-state index contributed by atoms with van der Waals surface area (Å²) in [5.41, 5.74) is 1.08. The standard InChI is InChI=1S/C18H26ClNO/c1-13(17(21)14-6-5-7-16(19)12-14)20-10-8-15(9-11-20)18(2,3)4/h5-7,12-13,15H,8-11H2,1-4H3. The summed E-state index contributed by atoms with van der Waals surface area (Å²) >= 11 is 5.98. The molecule has 1 aliphatic rings. The van der Waals surface area contributed by atoms with Crippen molar-refractivity contribution in [2.75, 3.05) is 13.1 Å². The number of rotatable bonds is 3. The Morgan fingerprint density at radius 3 is 2.43 bits per heavy atom. The van der Waals surface area contributed by atoms with Crippen LogP contribution in [-0.4, -0.2) is 29.8 Å². The van der Waals surface area contributed by atoms with Gasteiger partial charge < -0.3 is 0 Å². The van der Waals surface area contributed by atoms with Gasteiger partial charge in [-0.25, -0.2) is 0 Å². The average Bonchev–Trinajstić information content (AvgIpc) is 2.45. The van der Waals surface area contributed by atoms with Crippen molar-refractivity contribution in [1.29, 1.82) is 0 Å². The molecule has 1 atom stereocenters. The first-order valence-corrected chi connectivity index (χ1v) is 8.20. The van der Waals surface area contributed by atoms with Gasteiger partial charge in [-0.15, -0.1) is 0 Å². The highest BCUT2D eigenvalue weighted by atomic mass is 35.5. The molecule has 0 radical (unpaired) electrons. The number of hydrogen-bond acceptors (Lipinski definition) is 2. The average molecular weight is 308 g/mol. The van der Waals surface area contributed by atoms with E-state index in [1.54, 1.807) is 12.1 Å². The smallest absolute Gasteiger partial charge is 0.179 e. The van der Waals surface area contributed by atoms with E-state index < -0.39 is 0 Å². The molecule has 1 aromatic carbocycles. The quantitative estimate of drug-likeness (QED) is 0.756. The van der Waals surface area contributed by atoms with Crippen molar-refractivity contribution < 1.29 is 4.79 Å². The van der Waals surface area contributed by atoms with Gasteiger partial charge >= 0.3 is 0 Å². The fourth-order valence-corrected chi connectivity index (χ4v) is 3.39. The number of halogens is 1. The molecule has 1 aromatic rings. The summed E-state index contributed by atoms with van der Waals surface area (Å²) in [6.45, 7) is 11.0. The molecule has 3 heteroatoms. The molecule has 1 fully saturated rings. The molecule has 1 aliphatic heterocycles. The highest BCUT2D eigenvalue weighted by molar-refractivity contribution is 6.31. The van der Waals surface area contributed by atoms with E-state index in [0.717, 1.165) is 19.0 Å². The number of nitrogens with zero attached hydrogens (tertiary/aromatic N) is 1. The number of carbonyl (C=O) groups is 1. The van der Waals surface area contributed by atoms with E-state index in [1.165, 1.54) is 12.8 Å². The second-order valence-corrected chi connectivity index (χ2v) is 7.66. The van der Waals surface area contributed by atoms with Crippen molar-refractivity contribution in [3.8, 4) is 0 Å². The number of Topliss-reactive ketones (excluding diaryl/α,β-unsaturated/α-hetero) is 1. The molecule has 0 amide bonds. The number of hydrogen-bond donors (Lipinski definition) is 0. The van der Waals surface area contributed by atoms with Crippen LogP contribution in [0.1, 0.15) is 50.9 Å². The number of benzene rings is 1. The van der Waals surface area contributed by atoms with Crippen LogP contribution in [0.25, 0.3) is 0 Å².